The molecule has 0 bridgehead atoms. The summed E-state index contributed by atoms with van der Waals surface area (Å²) in [6.45, 7) is 0.666. The van der Waals surface area contributed by atoms with Crippen molar-refractivity contribution in [2.45, 2.75) is 18.9 Å². The summed E-state index contributed by atoms with van der Waals surface area (Å²) in [6.07, 6.45) is -11.3. The van der Waals surface area contributed by atoms with E-state index in [4.69, 9.17) is 0 Å². The van der Waals surface area contributed by atoms with E-state index in [1.54, 1.807) is 0 Å². The van der Waals surface area contributed by atoms with Gasteiger partial charge in [-0.2, -0.15) is 26.3 Å². The van der Waals surface area contributed by atoms with Crippen molar-refractivity contribution in [3.05, 3.63) is 35.9 Å². The molecular formula is C15H16F6N2O. The molecule has 1 aliphatic heterocycles. The van der Waals surface area contributed by atoms with Crippen LogP contribution < -0.4 is 0 Å². The molecule has 0 saturated carbocycles. The highest BCUT2D eigenvalue weighted by Gasteiger charge is 2.62. The van der Waals surface area contributed by atoms with Crippen molar-refractivity contribution in [2.75, 3.05) is 26.2 Å². The van der Waals surface area contributed by atoms with E-state index in [0.29, 0.717) is 11.4 Å². The summed E-state index contributed by atoms with van der Waals surface area (Å²) in [5, 5.41) is 0. The summed E-state index contributed by atoms with van der Waals surface area (Å²) in [4.78, 5) is 14.3. The van der Waals surface area contributed by atoms with Crippen LogP contribution in [0.3, 0.4) is 0 Å². The third kappa shape index (κ3) is 4.62. The number of carbonyl (C=O) groups is 1. The molecule has 1 aromatic carbocycles. The zero-order valence-corrected chi connectivity index (χ0v) is 12.6. The average molecular weight is 354 g/mol. The fraction of sp³-hybridized carbons (Fsp3) is 0.533. The Morgan fingerprint density at radius 3 is 1.88 bits per heavy atom. The molecule has 134 valence electrons. The van der Waals surface area contributed by atoms with Crippen molar-refractivity contribution < 1.29 is 31.1 Å². The van der Waals surface area contributed by atoms with Crippen molar-refractivity contribution in [3.63, 3.8) is 0 Å². The SMILES string of the molecule is O=C(C(C(F)(F)F)C(F)(F)F)N1CCN(Cc2ccccc2)CC1. The minimum atomic E-state index is -5.64. The Morgan fingerprint density at radius 2 is 1.42 bits per heavy atom. The Morgan fingerprint density at radius 1 is 0.917 bits per heavy atom. The summed E-state index contributed by atoms with van der Waals surface area (Å²) in [6, 6.07) is 9.27. The first-order chi connectivity index (χ1) is 11.1. The number of nitrogens with zero attached hydrogens (tertiary/aromatic N) is 2. The third-order valence-corrected chi connectivity index (χ3v) is 3.83. The van der Waals surface area contributed by atoms with Gasteiger partial charge in [0.05, 0.1) is 0 Å². The van der Waals surface area contributed by atoms with Gasteiger partial charge in [0.15, 0.2) is 0 Å². The molecule has 1 fully saturated rings. The molecule has 0 aliphatic carbocycles. The summed E-state index contributed by atoms with van der Waals surface area (Å²) >= 11 is 0. The van der Waals surface area contributed by atoms with E-state index in [1.165, 1.54) is 0 Å². The molecule has 1 aliphatic rings. The average Bonchev–Trinajstić information content (AvgIpc) is 2.46. The molecule has 1 saturated heterocycles. The van der Waals surface area contributed by atoms with Crippen molar-refractivity contribution in [1.82, 2.24) is 9.80 Å². The van der Waals surface area contributed by atoms with Crippen LogP contribution >= 0.6 is 0 Å². The largest absolute Gasteiger partial charge is 0.409 e. The van der Waals surface area contributed by atoms with Gasteiger partial charge in [0.1, 0.15) is 0 Å². The van der Waals surface area contributed by atoms with Gasteiger partial charge in [0.2, 0.25) is 11.8 Å². The number of halogens is 6. The van der Waals surface area contributed by atoms with E-state index in [9.17, 15) is 31.1 Å². The van der Waals surface area contributed by atoms with E-state index in [1.807, 2.05) is 35.2 Å². The Bertz CT molecular complexity index is 535. The first-order valence-electron chi connectivity index (χ1n) is 7.27. The smallest absolute Gasteiger partial charge is 0.339 e. The van der Waals surface area contributed by atoms with E-state index in [2.05, 4.69) is 0 Å². The predicted molar refractivity (Wildman–Crippen MR) is 73.9 cm³/mol. The molecule has 0 N–H and O–H groups in total. The number of hydrogen-bond donors (Lipinski definition) is 0. The van der Waals surface area contributed by atoms with Gasteiger partial charge < -0.3 is 4.90 Å². The second-order valence-corrected chi connectivity index (χ2v) is 5.60. The van der Waals surface area contributed by atoms with Gasteiger partial charge >= 0.3 is 12.4 Å². The lowest BCUT2D eigenvalue weighted by Gasteiger charge is -2.37. The minimum absolute atomic E-state index is 0.158. The number of alkyl halides is 6. The zero-order chi connectivity index (χ0) is 18.0. The van der Waals surface area contributed by atoms with E-state index < -0.39 is 24.2 Å². The van der Waals surface area contributed by atoms with Gasteiger partial charge in [-0.25, -0.2) is 0 Å². The maximum Gasteiger partial charge on any atom is 0.409 e. The maximum atomic E-state index is 12.6. The van der Waals surface area contributed by atoms with Gasteiger partial charge in [-0.1, -0.05) is 30.3 Å². The standard InChI is InChI=1S/C15H16F6N2O/c16-14(17,18)12(15(19,20)21)13(24)23-8-6-22(7-9-23)10-11-4-2-1-3-5-11/h1-5,12H,6-10H2. The van der Waals surface area contributed by atoms with Crippen LogP contribution in [0.4, 0.5) is 26.3 Å². The highest BCUT2D eigenvalue weighted by molar-refractivity contribution is 5.80. The third-order valence-electron chi connectivity index (χ3n) is 3.83. The van der Waals surface area contributed by atoms with Crippen LogP contribution in [0.25, 0.3) is 0 Å². The summed E-state index contributed by atoms with van der Waals surface area (Å²) in [7, 11) is 0. The van der Waals surface area contributed by atoms with Gasteiger partial charge in [-0.3, -0.25) is 9.69 Å². The second-order valence-electron chi connectivity index (χ2n) is 5.60. The van der Waals surface area contributed by atoms with Crippen molar-refractivity contribution in [3.8, 4) is 0 Å². The highest BCUT2D eigenvalue weighted by Crippen LogP contribution is 2.40. The van der Waals surface area contributed by atoms with Crippen molar-refractivity contribution in [2.24, 2.45) is 5.92 Å². The van der Waals surface area contributed by atoms with Gasteiger partial charge in [0, 0.05) is 32.7 Å². The number of rotatable bonds is 3. The number of carbonyl (C=O) groups excluding carboxylic acids is 1. The molecule has 9 heteroatoms. The Balaban J connectivity index is 1.97. The molecule has 0 spiro atoms. The molecule has 3 nitrogen and oxygen atoms in total. The van der Waals surface area contributed by atoms with Crippen LogP contribution in [0.2, 0.25) is 0 Å². The fourth-order valence-corrected chi connectivity index (χ4v) is 2.62. The van der Waals surface area contributed by atoms with Crippen LogP contribution in [-0.4, -0.2) is 54.2 Å². The molecular weight excluding hydrogens is 338 g/mol. The number of benzene rings is 1. The Hall–Kier alpha value is -1.77. The maximum absolute atomic E-state index is 12.6. The summed E-state index contributed by atoms with van der Waals surface area (Å²) in [5.74, 6) is -5.87. The van der Waals surface area contributed by atoms with Crippen molar-refractivity contribution >= 4 is 5.91 Å². The molecule has 0 radical (unpaired) electrons. The van der Waals surface area contributed by atoms with E-state index in [-0.39, 0.29) is 26.2 Å². The lowest BCUT2D eigenvalue weighted by atomic mass is 10.1. The zero-order valence-electron chi connectivity index (χ0n) is 12.6. The summed E-state index contributed by atoms with van der Waals surface area (Å²) in [5.41, 5.74) is 0.987. The van der Waals surface area contributed by atoms with Crippen LogP contribution in [0, 0.1) is 5.92 Å². The molecule has 1 amide bonds. The van der Waals surface area contributed by atoms with E-state index >= 15 is 0 Å². The van der Waals surface area contributed by atoms with Gasteiger partial charge in [-0.05, 0) is 5.56 Å². The molecule has 0 unspecified atom stereocenters. The number of hydrogen-bond acceptors (Lipinski definition) is 2. The highest BCUT2D eigenvalue weighted by atomic mass is 19.4. The van der Waals surface area contributed by atoms with Gasteiger partial charge in [0.25, 0.3) is 0 Å². The van der Waals surface area contributed by atoms with Crippen LogP contribution in [0.5, 0.6) is 0 Å². The van der Waals surface area contributed by atoms with Crippen LogP contribution in [-0.2, 0) is 11.3 Å². The number of piperazine rings is 1. The molecule has 0 aromatic heterocycles. The fourth-order valence-electron chi connectivity index (χ4n) is 2.62. The topological polar surface area (TPSA) is 23.6 Å². The molecule has 2 rings (SSSR count). The Kier molecular flexibility index (Phi) is 5.42. The molecule has 0 atom stereocenters. The minimum Gasteiger partial charge on any atom is -0.339 e. The predicted octanol–water partition coefficient (Wildman–Crippen LogP) is 3.07. The molecule has 1 heterocycles. The van der Waals surface area contributed by atoms with Crippen LogP contribution in [0.1, 0.15) is 5.56 Å². The van der Waals surface area contributed by atoms with Gasteiger partial charge in [-0.15, -0.1) is 0 Å². The molecule has 24 heavy (non-hydrogen) atoms. The molecule has 1 aromatic rings. The van der Waals surface area contributed by atoms with Crippen LogP contribution in [0.15, 0.2) is 30.3 Å². The van der Waals surface area contributed by atoms with E-state index in [0.717, 1.165) is 5.56 Å². The second kappa shape index (κ2) is 7.00. The Labute approximate surface area is 134 Å². The van der Waals surface area contributed by atoms with Crippen molar-refractivity contribution in [1.29, 1.82) is 0 Å². The lowest BCUT2D eigenvalue weighted by molar-refractivity contribution is -0.277. The quantitative estimate of drug-likeness (QED) is 0.779. The monoisotopic (exact) mass is 354 g/mol. The first kappa shape index (κ1) is 18.6. The first-order valence-corrected chi connectivity index (χ1v) is 7.27. The summed E-state index contributed by atoms with van der Waals surface area (Å²) < 4.78 is 75.6. The lowest BCUT2D eigenvalue weighted by Crippen LogP contribution is -2.55. The number of amides is 1. The normalized spacial score (nSPS) is 17.4.